The summed E-state index contributed by atoms with van der Waals surface area (Å²) in [5.41, 5.74) is 1.30. The van der Waals surface area contributed by atoms with E-state index in [1.54, 1.807) is 0 Å². The molecule has 92 valence electrons. The summed E-state index contributed by atoms with van der Waals surface area (Å²) in [6.45, 7) is 8.02. The number of rotatable bonds is 6. The van der Waals surface area contributed by atoms with E-state index in [0.29, 0.717) is 5.92 Å². The Hall–Kier alpha value is -0.790. The van der Waals surface area contributed by atoms with E-state index in [1.807, 2.05) is 0 Å². The molecule has 0 aliphatic heterocycles. The van der Waals surface area contributed by atoms with Gasteiger partial charge in [-0.2, -0.15) is 0 Å². The lowest BCUT2D eigenvalue weighted by Gasteiger charge is -2.19. The standard InChI is InChI=1S/C14H24O2/c1-11(2)6-5-7-12(3)10-14(8-9-14)16-13(4)15/h6,12H,5,7-10H2,1-4H3. The van der Waals surface area contributed by atoms with Crippen LogP contribution in [0, 0.1) is 5.92 Å². The Morgan fingerprint density at radius 2 is 2.00 bits per heavy atom. The number of allylic oxidation sites excluding steroid dienone is 2. The van der Waals surface area contributed by atoms with E-state index in [4.69, 9.17) is 4.74 Å². The number of hydrogen-bond donors (Lipinski definition) is 0. The van der Waals surface area contributed by atoms with Gasteiger partial charge in [-0.25, -0.2) is 0 Å². The van der Waals surface area contributed by atoms with Gasteiger partial charge in [-0.1, -0.05) is 18.6 Å². The third-order valence-corrected chi connectivity index (χ3v) is 3.10. The molecule has 0 aromatic carbocycles. The summed E-state index contributed by atoms with van der Waals surface area (Å²) < 4.78 is 5.39. The molecule has 0 aromatic rings. The molecule has 1 fully saturated rings. The molecule has 16 heavy (non-hydrogen) atoms. The first-order valence-electron chi connectivity index (χ1n) is 6.26. The maximum absolute atomic E-state index is 11.0. The van der Waals surface area contributed by atoms with Gasteiger partial charge >= 0.3 is 5.97 Å². The highest BCUT2D eigenvalue weighted by molar-refractivity contribution is 5.66. The zero-order valence-corrected chi connectivity index (χ0v) is 11.0. The van der Waals surface area contributed by atoms with Crippen molar-refractivity contribution in [1.29, 1.82) is 0 Å². The molecule has 0 aromatic heterocycles. The second-order valence-corrected chi connectivity index (χ2v) is 5.44. The second-order valence-electron chi connectivity index (χ2n) is 5.44. The van der Waals surface area contributed by atoms with E-state index < -0.39 is 0 Å². The van der Waals surface area contributed by atoms with E-state index in [-0.39, 0.29) is 11.6 Å². The van der Waals surface area contributed by atoms with E-state index in [0.717, 1.165) is 25.7 Å². The van der Waals surface area contributed by atoms with Gasteiger partial charge in [-0.05, 0) is 51.9 Å². The predicted octanol–water partition coefficient (Wildman–Crippen LogP) is 3.85. The van der Waals surface area contributed by atoms with Crippen LogP contribution in [0.1, 0.15) is 59.8 Å². The average molecular weight is 224 g/mol. The van der Waals surface area contributed by atoms with E-state index >= 15 is 0 Å². The molecule has 0 amide bonds. The fraction of sp³-hybridized carbons (Fsp3) is 0.786. The van der Waals surface area contributed by atoms with Crippen molar-refractivity contribution in [3.05, 3.63) is 11.6 Å². The van der Waals surface area contributed by atoms with Crippen molar-refractivity contribution in [2.45, 2.75) is 65.4 Å². The minimum atomic E-state index is -0.131. The first-order valence-corrected chi connectivity index (χ1v) is 6.26. The molecule has 0 bridgehead atoms. The van der Waals surface area contributed by atoms with Gasteiger partial charge in [0.1, 0.15) is 5.60 Å². The quantitative estimate of drug-likeness (QED) is 0.506. The number of ether oxygens (including phenoxy) is 1. The van der Waals surface area contributed by atoms with E-state index in [9.17, 15) is 4.79 Å². The van der Waals surface area contributed by atoms with Crippen LogP contribution in [-0.4, -0.2) is 11.6 Å². The number of carbonyl (C=O) groups is 1. The number of esters is 1. The monoisotopic (exact) mass is 224 g/mol. The lowest BCUT2D eigenvalue weighted by Crippen LogP contribution is -2.20. The molecule has 1 unspecified atom stereocenters. The molecule has 0 N–H and O–H groups in total. The fourth-order valence-corrected chi connectivity index (χ4v) is 2.19. The van der Waals surface area contributed by atoms with Crippen molar-refractivity contribution in [1.82, 2.24) is 0 Å². The Labute approximate surface area is 99.1 Å². The summed E-state index contributed by atoms with van der Waals surface area (Å²) in [6.07, 6.45) is 7.75. The third-order valence-electron chi connectivity index (χ3n) is 3.10. The predicted molar refractivity (Wildman–Crippen MR) is 66.2 cm³/mol. The van der Waals surface area contributed by atoms with Gasteiger partial charge in [0.15, 0.2) is 0 Å². The first-order chi connectivity index (χ1) is 7.43. The normalized spacial score (nSPS) is 18.8. The van der Waals surface area contributed by atoms with Crippen molar-refractivity contribution in [2.24, 2.45) is 5.92 Å². The number of carbonyl (C=O) groups excluding carboxylic acids is 1. The van der Waals surface area contributed by atoms with Gasteiger partial charge in [-0.3, -0.25) is 4.79 Å². The Kier molecular flexibility index (Phi) is 4.57. The first kappa shape index (κ1) is 13.3. The van der Waals surface area contributed by atoms with Crippen molar-refractivity contribution < 1.29 is 9.53 Å². The number of hydrogen-bond acceptors (Lipinski definition) is 2. The second kappa shape index (κ2) is 5.51. The van der Waals surface area contributed by atoms with Gasteiger partial charge in [0.2, 0.25) is 0 Å². The smallest absolute Gasteiger partial charge is 0.303 e. The summed E-state index contributed by atoms with van der Waals surface area (Å²) in [4.78, 5) is 11.0. The van der Waals surface area contributed by atoms with Crippen LogP contribution < -0.4 is 0 Å². The molecular weight excluding hydrogens is 200 g/mol. The summed E-state index contributed by atoms with van der Waals surface area (Å²) in [6, 6.07) is 0. The molecule has 1 saturated carbocycles. The lowest BCUT2D eigenvalue weighted by molar-refractivity contribution is -0.149. The Morgan fingerprint density at radius 3 is 2.44 bits per heavy atom. The largest absolute Gasteiger partial charge is 0.459 e. The van der Waals surface area contributed by atoms with Gasteiger partial charge in [0.05, 0.1) is 0 Å². The van der Waals surface area contributed by atoms with Gasteiger partial charge in [-0.15, -0.1) is 0 Å². The van der Waals surface area contributed by atoms with Crippen LogP contribution in [0.2, 0.25) is 0 Å². The van der Waals surface area contributed by atoms with Crippen molar-refractivity contribution in [3.8, 4) is 0 Å². The van der Waals surface area contributed by atoms with Gasteiger partial charge in [0.25, 0.3) is 0 Å². The molecule has 2 heteroatoms. The Balaban J connectivity index is 2.26. The van der Waals surface area contributed by atoms with Crippen molar-refractivity contribution >= 4 is 5.97 Å². The van der Waals surface area contributed by atoms with Gasteiger partial charge < -0.3 is 4.74 Å². The molecule has 0 saturated heterocycles. The van der Waals surface area contributed by atoms with Crippen LogP contribution in [0.3, 0.4) is 0 Å². The minimum Gasteiger partial charge on any atom is -0.459 e. The van der Waals surface area contributed by atoms with E-state index in [2.05, 4.69) is 26.8 Å². The summed E-state index contributed by atoms with van der Waals surface area (Å²) in [7, 11) is 0. The van der Waals surface area contributed by atoms with Crippen LogP contribution in [0.4, 0.5) is 0 Å². The SMILES string of the molecule is CC(=O)OC1(CC(C)CCC=C(C)C)CC1. The van der Waals surface area contributed by atoms with Gasteiger partial charge in [0, 0.05) is 6.92 Å². The average Bonchev–Trinajstić information content (AvgIpc) is 2.82. The molecular formula is C14H24O2. The molecule has 1 rings (SSSR count). The highest BCUT2D eigenvalue weighted by atomic mass is 16.6. The molecule has 1 atom stereocenters. The molecule has 0 heterocycles. The molecule has 0 spiro atoms. The topological polar surface area (TPSA) is 26.3 Å². The van der Waals surface area contributed by atoms with Crippen LogP contribution in [0.25, 0.3) is 0 Å². The minimum absolute atomic E-state index is 0.0871. The highest BCUT2D eigenvalue weighted by Gasteiger charge is 2.46. The summed E-state index contributed by atoms with van der Waals surface area (Å²) in [5.74, 6) is 0.506. The Morgan fingerprint density at radius 1 is 1.38 bits per heavy atom. The fourth-order valence-electron chi connectivity index (χ4n) is 2.19. The third kappa shape index (κ3) is 4.82. The van der Waals surface area contributed by atoms with Crippen molar-refractivity contribution in [3.63, 3.8) is 0 Å². The zero-order chi connectivity index (χ0) is 12.2. The van der Waals surface area contributed by atoms with Crippen LogP contribution in [0.5, 0.6) is 0 Å². The molecule has 0 radical (unpaired) electrons. The van der Waals surface area contributed by atoms with E-state index in [1.165, 1.54) is 18.9 Å². The van der Waals surface area contributed by atoms with Crippen LogP contribution in [-0.2, 0) is 9.53 Å². The Bertz CT molecular complexity index is 270. The van der Waals surface area contributed by atoms with Crippen molar-refractivity contribution in [2.75, 3.05) is 0 Å². The van der Waals surface area contributed by atoms with Crippen LogP contribution in [0.15, 0.2) is 11.6 Å². The summed E-state index contributed by atoms with van der Waals surface area (Å²) >= 11 is 0. The molecule has 1 aliphatic rings. The maximum Gasteiger partial charge on any atom is 0.303 e. The summed E-state index contributed by atoms with van der Waals surface area (Å²) in [5, 5.41) is 0. The zero-order valence-electron chi connectivity index (χ0n) is 11.0. The lowest BCUT2D eigenvalue weighted by atomic mass is 9.96. The maximum atomic E-state index is 11.0. The molecule has 2 nitrogen and oxygen atoms in total. The molecule has 1 aliphatic carbocycles. The highest BCUT2D eigenvalue weighted by Crippen LogP contribution is 2.45. The van der Waals surface area contributed by atoms with Crippen LogP contribution >= 0.6 is 0 Å².